The third kappa shape index (κ3) is 9.11. The average molecular weight is 605 g/mol. The summed E-state index contributed by atoms with van der Waals surface area (Å²) in [5, 5.41) is 11.2. The largest absolute Gasteiger partial charge is 0.480 e. The number of nitrogens with one attached hydrogen (secondary N) is 1. The van der Waals surface area contributed by atoms with Crippen molar-refractivity contribution in [1.29, 1.82) is 0 Å². The molecule has 4 rings (SSSR count). The predicted molar refractivity (Wildman–Crippen MR) is 149 cm³/mol. The number of morpholine rings is 1. The molecule has 2 N–H and O–H groups in total. The van der Waals surface area contributed by atoms with Crippen molar-refractivity contribution in [3.05, 3.63) is 65.6 Å². The van der Waals surface area contributed by atoms with E-state index in [4.69, 9.17) is 24.1 Å². The highest BCUT2D eigenvalue weighted by Crippen LogP contribution is 2.34. The molecule has 3 aromatic rings. The van der Waals surface area contributed by atoms with E-state index < -0.39 is 23.6 Å². The van der Waals surface area contributed by atoms with Crippen LogP contribution in [0.5, 0.6) is 5.88 Å². The minimum atomic E-state index is -4.57. The fourth-order valence-electron chi connectivity index (χ4n) is 4.24. The Morgan fingerprint density at radius 3 is 2.51 bits per heavy atom. The number of aromatic nitrogens is 2. The van der Waals surface area contributed by atoms with Gasteiger partial charge in [0.1, 0.15) is 18.9 Å². The fourth-order valence-corrected chi connectivity index (χ4v) is 4.24. The molecule has 0 aliphatic carbocycles. The lowest BCUT2D eigenvalue weighted by Gasteiger charge is -2.30. The Labute approximate surface area is 245 Å². The highest BCUT2D eigenvalue weighted by Gasteiger charge is 2.31. The number of rotatable bonds is 13. The van der Waals surface area contributed by atoms with E-state index in [1.54, 1.807) is 19.2 Å². The Morgan fingerprint density at radius 1 is 1.02 bits per heavy atom. The first-order chi connectivity index (χ1) is 20.6. The van der Waals surface area contributed by atoms with Gasteiger partial charge < -0.3 is 34.3 Å². The van der Waals surface area contributed by atoms with Gasteiger partial charge in [0, 0.05) is 41.7 Å². The van der Waals surface area contributed by atoms with Crippen molar-refractivity contribution < 1.29 is 46.8 Å². The topological polar surface area (TPSA) is 132 Å². The molecular weight excluding hydrogens is 573 g/mol. The van der Waals surface area contributed by atoms with Crippen LogP contribution in [0.4, 0.5) is 24.5 Å². The lowest BCUT2D eigenvalue weighted by atomic mass is 10.0. The van der Waals surface area contributed by atoms with Gasteiger partial charge in [-0.1, -0.05) is 6.07 Å². The fraction of sp³-hybridized carbons (Fsp3) is 0.379. The van der Waals surface area contributed by atoms with Crippen LogP contribution >= 0.6 is 0 Å². The first-order valence-corrected chi connectivity index (χ1v) is 13.4. The summed E-state index contributed by atoms with van der Waals surface area (Å²) >= 11 is 0. The molecule has 0 saturated carbocycles. The molecule has 0 unspecified atom stereocenters. The average Bonchev–Trinajstić information content (AvgIpc) is 2.99. The van der Waals surface area contributed by atoms with Crippen LogP contribution in [0.25, 0.3) is 11.1 Å². The van der Waals surface area contributed by atoms with Crippen LogP contribution in [0.2, 0.25) is 0 Å². The summed E-state index contributed by atoms with van der Waals surface area (Å²) in [5.41, 5.74) is 2.00. The van der Waals surface area contributed by atoms with Gasteiger partial charge in [-0.2, -0.15) is 13.2 Å². The van der Waals surface area contributed by atoms with Crippen LogP contribution in [0, 0.1) is 6.92 Å². The van der Waals surface area contributed by atoms with Gasteiger partial charge in [-0.3, -0.25) is 9.78 Å². The number of carboxylic acids is 1. The van der Waals surface area contributed by atoms with E-state index in [0.29, 0.717) is 54.7 Å². The number of carbonyl (C=O) groups excluding carboxylic acids is 1. The zero-order chi connectivity index (χ0) is 30.8. The van der Waals surface area contributed by atoms with E-state index in [9.17, 15) is 22.8 Å². The highest BCUT2D eigenvalue weighted by molar-refractivity contribution is 6.04. The summed E-state index contributed by atoms with van der Waals surface area (Å²) in [6.07, 6.45) is -1.52. The number of alkyl halides is 3. The van der Waals surface area contributed by atoms with Gasteiger partial charge in [0.15, 0.2) is 0 Å². The second-order valence-corrected chi connectivity index (χ2v) is 9.44. The molecule has 1 saturated heterocycles. The summed E-state index contributed by atoms with van der Waals surface area (Å²) in [4.78, 5) is 34.2. The molecule has 0 spiro atoms. The molecule has 0 radical (unpaired) electrons. The molecule has 1 aromatic carbocycles. The molecule has 43 heavy (non-hydrogen) atoms. The van der Waals surface area contributed by atoms with Crippen molar-refractivity contribution in [3.63, 3.8) is 0 Å². The highest BCUT2D eigenvalue weighted by atomic mass is 19.4. The number of pyridine rings is 2. The Balaban J connectivity index is 1.48. The van der Waals surface area contributed by atoms with Crippen LogP contribution in [-0.4, -0.2) is 86.3 Å². The van der Waals surface area contributed by atoms with Crippen molar-refractivity contribution in [2.75, 3.05) is 69.6 Å². The van der Waals surface area contributed by atoms with Gasteiger partial charge >= 0.3 is 12.1 Å². The number of carbonyl (C=O) groups is 2. The van der Waals surface area contributed by atoms with Crippen molar-refractivity contribution in [3.8, 4) is 17.0 Å². The van der Waals surface area contributed by atoms with Gasteiger partial charge in [-0.25, -0.2) is 9.78 Å². The molecule has 1 amide bonds. The molecule has 0 bridgehead atoms. The van der Waals surface area contributed by atoms with Crippen molar-refractivity contribution in [2.45, 2.75) is 13.1 Å². The van der Waals surface area contributed by atoms with Crippen LogP contribution in [0.1, 0.15) is 21.6 Å². The zero-order valence-corrected chi connectivity index (χ0v) is 23.4. The Kier molecular flexibility index (Phi) is 10.9. The second kappa shape index (κ2) is 14.8. The summed E-state index contributed by atoms with van der Waals surface area (Å²) in [5.74, 6) is -1.36. The molecule has 11 nitrogen and oxygen atoms in total. The summed E-state index contributed by atoms with van der Waals surface area (Å²) in [7, 11) is 0. The first kappa shape index (κ1) is 31.7. The van der Waals surface area contributed by atoms with Gasteiger partial charge in [0.05, 0.1) is 50.5 Å². The zero-order valence-electron chi connectivity index (χ0n) is 23.4. The molecule has 0 atom stereocenters. The molecule has 14 heteroatoms. The number of ether oxygens (including phenoxy) is 4. The molecule has 230 valence electrons. The minimum absolute atomic E-state index is 0.133. The van der Waals surface area contributed by atoms with E-state index in [1.807, 2.05) is 6.07 Å². The van der Waals surface area contributed by atoms with E-state index in [0.717, 1.165) is 17.8 Å². The Bertz CT molecular complexity index is 1420. The smallest absolute Gasteiger partial charge is 0.416 e. The third-order valence-electron chi connectivity index (χ3n) is 6.36. The summed E-state index contributed by atoms with van der Waals surface area (Å²) in [6.45, 7) is 4.48. The molecule has 1 fully saturated rings. The van der Waals surface area contributed by atoms with Crippen molar-refractivity contribution in [1.82, 2.24) is 9.97 Å². The standard InChI is InChI=1S/C29H31F3N4O7/c1-19-24(15-23(17-33-19)35-27(39)20-3-2-4-22(13-20)29(30,31)32)21-14-25(36-5-7-40-8-6-36)28(34-16-21)43-12-11-41-9-10-42-18-26(37)38/h2-4,13-17H,5-12,18H2,1H3,(H,35,39)(H,37,38). The lowest BCUT2D eigenvalue weighted by Crippen LogP contribution is -2.36. The maximum absolute atomic E-state index is 13.1. The number of benzene rings is 1. The first-order valence-electron chi connectivity index (χ1n) is 13.4. The van der Waals surface area contributed by atoms with Crippen molar-refractivity contribution >= 4 is 23.3 Å². The maximum Gasteiger partial charge on any atom is 0.416 e. The number of hydrogen-bond donors (Lipinski definition) is 2. The number of amides is 1. The summed E-state index contributed by atoms with van der Waals surface area (Å²) in [6, 6.07) is 7.78. The number of aliphatic carboxylic acids is 1. The van der Waals surface area contributed by atoms with Crippen molar-refractivity contribution in [2.24, 2.45) is 0 Å². The normalized spacial score (nSPS) is 13.5. The number of halogens is 3. The molecule has 1 aliphatic heterocycles. The second-order valence-electron chi connectivity index (χ2n) is 9.44. The molecule has 1 aliphatic rings. The summed E-state index contributed by atoms with van der Waals surface area (Å²) < 4.78 is 61.1. The number of hydrogen-bond acceptors (Lipinski definition) is 9. The molecule has 2 aromatic heterocycles. The molecular formula is C29H31F3N4O7. The number of aryl methyl sites for hydroxylation is 1. The van der Waals surface area contributed by atoms with Gasteiger partial charge in [0.2, 0.25) is 5.88 Å². The number of carboxylic acid groups (broad SMARTS) is 1. The van der Waals surface area contributed by atoms with Gasteiger partial charge in [-0.05, 0) is 37.3 Å². The van der Waals surface area contributed by atoms with Gasteiger partial charge in [0.25, 0.3) is 5.91 Å². The van der Waals surface area contributed by atoms with E-state index >= 15 is 0 Å². The number of nitrogens with zero attached hydrogens (tertiary/aromatic N) is 3. The lowest BCUT2D eigenvalue weighted by molar-refractivity contribution is -0.142. The van der Waals surface area contributed by atoms with E-state index in [2.05, 4.69) is 20.2 Å². The third-order valence-corrected chi connectivity index (χ3v) is 6.36. The van der Waals surface area contributed by atoms with Gasteiger partial charge in [-0.15, -0.1) is 0 Å². The predicted octanol–water partition coefficient (Wildman–Crippen LogP) is 4.06. The quantitative estimate of drug-likeness (QED) is 0.275. The van der Waals surface area contributed by atoms with Crippen LogP contribution in [0.15, 0.2) is 48.8 Å². The monoisotopic (exact) mass is 604 g/mol. The van der Waals surface area contributed by atoms with Crippen LogP contribution in [-0.2, 0) is 25.2 Å². The Hall–Kier alpha value is -4.27. The molecule has 3 heterocycles. The Morgan fingerprint density at radius 2 is 1.77 bits per heavy atom. The van der Waals surface area contributed by atoms with E-state index in [-0.39, 0.29) is 38.6 Å². The van der Waals surface area contributed by atoms with Crippen LogP contribution in [0.3, 0.4) is 0 Å². The van der Waals surface area contributed by atoms with E-state index in [1.165, 1.54) is 18.3 Å². The number of anilines is 2. The maximum atomic E-state index is 13.1. The minimum Gasteiger partial charge on any atom is -0.480 e. The van der Waals surface area contributed by atoms with Crippen LogP contribution < -0.4 is 15.0 Å². The SMILES string of the molecule is Cc1ncc(NC(=O)c2cccc(C(F)(F)F)c2)cc1-c1cnc(OCCOCCOCC(=O)O)c(N2CCOCC2)c1.